The van der Waals surface area contributed by atoms with E-state index in [1.807, 2.05) is 53.2 Å². The van der Waals surface area contributed by atoms with Gasteiger partial charge in [-0.25, -0.2) is 0 Å². The number of anilines is 1. The van der Waals surface area contributed by atoms with Gasteiger partial charge in [-0.2, -0.15) is 5.10 Å². The van der Waals surface area contributed by atoms with Gasteiger partial charge < -0.3 is 5.32 Å². The van der Waals surface area contributed by atoms with Crippen molar-refractivity contribution in [2.75, 3.05) is 5.32 Å². The lowest BCUT2D eigenvalue weighted by molar-refractivity contribution is -0.114. The molecule has 0 saturated heterocycles. The van der Waals surface area contributed by atoms with Gasteiger partial charge in [-0.15, -0.1) is 0 Å². The van der Waals surface area contributed by atoms with Crippen molar-refractivity contribution in [1.29, 1.82) is 0 Å². The predicted molar refractivity (Wildman–Crippen MR) is 94.5 cm³/mol. The van der Waals surface area contributed by atoms with E-state index in [1.165, 1.54) is 6.92 Å². The Bertz CT molecular complexity index is 857. The van der Waals surface area contributed by atoms with Crippen LogP contribution in [0.15, 0.2) is 48.5 Å². The van der Waals surface area contributed by atoms with Crippen LogP contribution in [0, 0.1) is 0 Å². The highest BCUT2D eigenvalue weighted by Crippen LogP contribution is 2.35. The second-order valence-electron chi connectivity index (χ2n) is 6.68. The number of carbonyl (C=O) groups excluding carboxylic acids is 1. The summed E-state index contributed by atoms with van der Waals surface area (Å²) in [5.41, 5.74) is 3.59. The molecule has 0 aliphatic rings. The summed E-state index contributed by atoms with van der Waals surface area (Å²) in [5.74, 6) is -0.0833. The highest BCUT2D eigenvalue weighted by atomic mass is 16.1. The summed E-state index contributed by atoms with van der Waals surface area (Å²) in [4.78, 5) is 11.6. The van der Waals surface area contributed by atoms with Crippen molar-refractivity contribution in [3.8, 4) is 11.3 Å². The molecule has 3 rings (SSSR count). The monoisotopic (exact) mass is 307 g/mol. The molecule has 0 fully saturated rings. The van der Waals surface area contributed by atoms with Crippen LogP contribution in [0.25, 0.3) is 22.2 Å². The number of nitrogens with one attached hydrogen (secondary N) is 1. The van der Waals surface area contributed by atoms with Crippen LogP contribution in [-0.4, -0.2) is 15.7 Å². The molecule has 3 aromatic rings. The fraction of sp³-hybridized carbons (Fsp3) is 0.263. The standard InChI is InChI=1S/C19H21N3O/c1-13(23)20-15-11-8-12-16-17(15)18(14-9-6-5-7-10-14)21-22(16)19(2,3)4/h5-12H,1-4H3,(H,20,23). The molecule has 4 heteroatoms. The molecule has 1 aromatic heterocycles. The Morgan fingerprint density at radius 1 is 1.04 bits per heavy atom. The molecular weight excluding hydrogens is 286 g/mol. The van der Waals surface area contributed by atoms with Gasteiger partial charge in [0.1, 0.15) is 5.69 Å². The number of carbonyl (C=O) groups is 1. The van der Waals surface area contributed by atoms with E-state index in [4.69, 9.17) is 5.10 Å². The summed E-state index contributed by atoms with van der Waals surface area (Å²) >= 11 is 0. The zero-order valence-corrected chi connectivity index (χ0v) is 13.9. The minimum atomic E-state index is -0.153. The number of fused-ring (bicyclic) bond motifs is 1. The number of amides is 1. The van der Waals surface area contributed by atoms with E-state index in [9.17, 15) is 4.79 Å². The van der Waals surface area contributed by atoms with Gasteiger partial charge in [0.2, 0.25) is 5.91 Å². The molecule has 118 valence electrons. The number of hydrogen-bond donors (Lipinski definition) is 1. The summed E-state index contributed by atoms with van der Waals surface area (Å²) in [7, 11) is 0. The van der Waals surface area contributed by atoms with E-state index in [-0.39, 0.29) is 11.4 Å². The Labute approximate surface area is 136 Å². The second kappa shape index (κ2) is 5.54. The van der Waals surface area contributed by atoms with Crippen molar-refractivity contribution in [3.05, 3.63) is 48.5 Å². The number of hydrogen-bond acceptors (Lipinski definition) is 2. The van der Waals surface area contributed by atoms with Crippen molar-refractivity contribution in [2.45, 2.75) is 33.2 Å². The lowest BCUT2D eigenvalue weighted by atomic mass is 10.1. The third-order valence-electron chi connectivity index (χ3n) is 3.70. The molecule has 2 aromatic carbocycles. The van der Waals surface area contributed by atoms with Crippen molar-refractivity contribution in [2.24, 2.45) is 0 Å². The molecule has 23 heavy (non-hydrogen) atoms. The van der Waals surface area contributed by atoms with Crippen LogP contribution in [0.5, 0.6) is 0 Å². The molecule has 0 aliphatic carbocycles. The highest BCUT2D eigenvalue weighted by molar-refractivity contribution is 6.07. The van der Waals surface area contributed by atoms with Gasteiger partial charge in [0, 0.05) is 12.5 Å². The predicted octanol–water partition coefficient (Wildman–Crippen LogP) is 4.42. The van der Waals surface area contributed by atoms with Gasteiger partial charge >= 0.3 is 0 Å². The lowest BCUT2D eigenvalue weighted by Crippen LogP contribution is -2.22. The quantitative estimate of drug-likeness (QED) is 0.762. The van der Waals surface area contributed by atoms with Gasteiger partial charge in [-0.3, -0.25) is 9.48 Å². The van der Waals surface area contributed by atoms with E-state index in [2.05, 4.69) is 26.1 Å². The number of aromatic nitrogens is 2. The topological polar surface area (TPSA) is 46.9 Å². The first-order valence-corrected chi connectivity index (χ1v) is 7.73. The van der Waals surface area contributed by atoms with E-state index < -0.39 is 0 Å². The molecule has 4 nitrogen and oxygen atoms in total. The van der Waals surface area contributed by atoms with Gasteiger partial charge in [0.05, 0.1) is 22.1 Å². The van der Waals surface area contributed by atoms with Gasteiger partial charge in [0.15, 0.2) is 0 Å². The molecule has 0 unspecified atom stereocenters. The van der Waals surface area contributed by atoms with Gasteiger partial charge in [-0.1, -0.05) is 36.4 Å². The fourth-order valence-electron chi connectivity index (χ4n) is 2.77. The maximum Gasteiger partial charge on any atom is 0.221 e. The van der Waals surface area contributed by atoms with Gasteiger partial charge in [0.25, 0.3) is 0 Å². The number of nitrogens with zero attached hydrogens (tertiary/aromatic N) is 2. The first-order chi connectivity index (χ1) is 10.9. The van der Waals surface area contributed by atoms with E-state index in [1.54, 1.807) is 0 Å². The number of benzene rings is 2. The van der Waals surface area contributed by atoms with Gasteiger partial charge in [-0.05, 0) is 32.9 Å². The summed E-state index contributed by atoms with van der Waals surface area (Å²) in [6, 6.07) is 16.0. The average Bonchev–Trinajstić information content (AvgIpc) is 2.88. The molecule has 0 bridgehead atoms. The van der Waals surface area contributed by atoms with E-state index in [0.29, 0.717) is 0 Å². The summed E-state index contributed by atoms with van der Waals surface area (Å²) in [6.07, 6.45) is 0. The molecule has 0 radical (unpaired) electrons. The highest BCUT2D eigenvalue weighted by Gasteiger charge is 2.22. The maximum absolute atomic E-state index is 11.6. The molecule has 1 amide bonds. The smallest absolute Gasteiger partial charge is 0.221 e. The molecule has 0 spiro atoms. The molecule has 0 saturated carbocycles. The fourth-order valence-corrected chi connectivity index (χ4v) is 2.77. The van der Waals surface area contributed by atoms with Crippen LogP contribution in [0.4, 0.5) is 5.69 Å². The Kier molecular flexibility index (Phi) is 3.68. The largest absolute Gasteiger partial charge is 0.326 e. The summed E-state index contributed by atoms with van der Waals surface area (Å²) in [5, 5.41) is 8.77. The Morgan fingerprint density at radius 2 is 1.74 bits per heavy atom. The van der Waals surface area contributed by atoms with Crippen LogP contribution in [0.1, 0.15) is 27.7 Å². The van der Waals surface area contributed by atoms with Crippen molar-refractivity contribution >= 4 is 22.5 Å². The zero-order chi connectivity index (χ0) is 16.6. The summed E-state index contributed by atoms with van der Waals surface area (Å²) in [6.45, 7) is 7.90. The molecule has 0 atom stereocenters. The van der Waals surface area contributed by atoms with Crippen LogP contribution < -0.4 is 5.32 Å². The Morgan fingerprint density at radius 3 is 2.35 bits per heavy atom. The number of rotatable bonds is 2. The van der Waals surface area contributed by atoms with Crippen molar-refractivity contribution in [1.82, 2.24) is 9.78 Å². The minimum Gasteiger partial charge on any atom is -0.326 e. The Hall–Kier alpha value is -2.62. The Balaban J connectivity index is 2.36. The normalized spacial score (nSPS) is 11.7. The first kappa shape index (κ1) is 15.3. The SMILES string of the molecule is CC(=O)Nc1cccc2c1c(-c1ccccc1)nn2C(C)(C)C. The second-order valence-corrected chi connectivity index (χ2v) is 6.68. The molecular formula is C19H21N3O. The van der Waals surface area contributed by atoms with Crippen molar-refractivity contribution < 1.29 is 4.79 Å². The van der Waals surface area contributed by atoms with Crippen LogP contribution in [0.2, 0.25) is 0 Å². The molecule has 1 N–H and O–H groups in total. The minimum absolute atomic E-state index is 0.0833. The van der Waals surface area contributed by atoms with Crippen molar-refractivity contribution in [3.63, 3.8) is 0 Å². The zero-order valence-electron chi connectivity index (χ0n) is 13.9. The first-order valence-electron chi connectivity index (χ1n) is 7.73. The third-order valence-corrected chi connectivity index (χ3v) is 3.70. The van der Waals surface area contributed by atoms with Crippen LogP contribution >= 0.6 is 0 Å². The summed E-state index contributed by atoms with van der Waals surface area (Å²) < 4.78 is 2.02. The van der Waals surface area contributed by atoms with E-state index >= 15 is 0 Å². The third kappa shape index (κ3) is 2.84. The van der Waals surface area contributed by atoms with E-state index in [0.717, 1.165) is 27.8 Å². The lowest BCUT2D eigenvalue weighted by Gasteiger charge is -2.20. The average molecular weight is 307 g/mol. The van der Waals surface area contributed by atoms with Crippen LogP contribution in [0.3, 0.4) is 0 Å². The molecule has 1 heterocycles. The maximum atomic E-state index is 11.6. The van der Waals surface area contributed by atoms with Crippen LogP contribution in [-0.2, 0) is 10.3 Å². The molecule has 0 aliphatic heterocycles.